The van der Waals surface area contributed by atoms with Crippen molar-refractivity contribution in [1.82, 2.24) is 4.98 Å². The summed E-state index contributed by atoms with van der Waals surface area (Å²) in [7, 11) is 0. The number of aryl methyl sites for hydroxylation is 2. The highest BCUT2D eigenvalue weighted by Crippen LogP contribution is 2.28. The summed E-state index contributed by atoms with van der Waals surface area (Å²) in [6.07, 6.45) is 5.47. The van der Waals surface area contributed by atoms with E-state index in [1.165, 1.54) is 11.3 Å². The van der Waals surface area contributed by atoms with Crippen molar-refractivity contribution in [2.24, 2.45) is 5.73 Å². The van der Waals surface area contributed by atoms with Crippen molar-refractivity contribution in [1.29, 1.82) is 0 Å². The molecule has 0 aliphatic heterocycles. The van der Waals surface area contributed by atoms with Crippen molar-refractivity contribution in [2.75, 3.05) is 0 Å². The molecule has 1 aromatic rings. The van der Waals surface area contributed by atoms with Crippen LogP contribution in [0.5, 0.6) is 0 Å². The SMILES string of the molecule is Cc1nc(CC(=O)C2(N)CCCCC2)sc1C. The summed E-state index contributed by atoms with van der Waals surface area (Å²) in [6.45, 7) is 4.03. The molecule has 4 heteroatoms. The van der Waals surface area contributed by atoms with Crippen LogP contribution in [-0.4, -0.2) is 16.3 Å². The third kappa shape index (κ3) is 2.75. The van der Waals surface area contributed by atoms with Crippen molar-refractivity contribution >= 4 is 17.1 Å². The second-order valence-electron chi connectivity index (χ2n) is 5.07. The molecule has 0 amide bonds. The Hall–Kier alpha value is -0.740. The lowest BCUT2D eigenvalue weighted by molar-refractivity contribution is -0.124. The van der Waals surface area contributed by atoms with Crippen LogP contribution in [-0.2, 0) is 11.2 Å². The van der Waals surface area contributed by atoms with Gasteiger partial charge in [0.1, 0.15) is 5.01 Å². The van der Waals surface area contributed by atoms with Gasteiger partial charge in [0.15, 0.2) is 5.78 Å². The van der Waals surface area contributed by atoms with E-state index in [2.05, 4.69) is 4.98 Å². The lowest BCUT2D eigenvalue weighted by Crippen LogP contribution is -2.50. The van der Waals surface area contributed by atoms with E-state index in [9.17, 15) is 4.79 Å². The van der Waals surface area contributed by atoms with E-state index in [1.807, 2.05) is 13.8 Å². The number of hydrogen-bond donors (Lipinski definition) is 1. The predicted molar refractivity (Wildman–Crippen MR) is 70.3 cm³/mol. The van der Waals surface area contributed by atoms with Gasteiger partial charge in [-0.15, -0.1) is 11.3 Å². The van der Waals surface area contributed by atoms with E-state index < -0.39 is 5.54 Å². The molecule has 1 aliphatic carbocycles. The third-order valence-electron chi connectivity index (χ3n) is 3.69. The van der Waals surface area contributed by atoms with Crippen LogP contribution in [0.15, 0.2) is 0 Å². The molecule has 2 N–H and O–H groups in total. The van der Waals surface area contributed by atoms with Crippen molar-refractivity contribution in [3.63, 3.8) is 0 Å². The molecular weight excluding hydrogens is 232 g/mol. The number of nitrogens with zero attached hydrogens (tertiary/aromatic N) is 1. The second kappa shape index (κ2) is 4.86. The predicted octanol–water partition coefficient (Wildman–Crippen LogP) is 2.53. The molecule has 1 aliphatic rings. The molecule has 94 valence electrons. The average molecular weight is 252 g/mol. The fourth-order valence-corrected chi connectivity index (χ4v) is 3.32. The standard InChI is InChI=1S/C13H20N2OS/c1-9-10(2)17-12(15-9)8-11(16)13(14)6-4-3-5-7-13/h3-8,14H2,1-2H3. The molecule has 1 saturated carbocycles. The Morgan fingerprint density at radius 1 is 1.35 bits per heavy atom. The largest absolute Gasteiger partial charge is 0.319 e. The molecule has 1 heterocycles. The molecule has 0 unspecified atom stereocenters. The molecule has 0 bridgehead atoms. The van der Waals surface area contributed by atoms with Crippen molar-refractivity contribution in [2.45, 2.75) is 57.9 Å². The van der Waals surface area contributed by atoms with E-state index in [0.717, 1.165) is 36.4 Å². The fourth-order valence-electron chi connectivity index (χ4n) is 2.39. The van der Waals surface area contributed by atoms with Gasteiger partial charge in [0.05, 0.1) is 17.7 Å². The smallest absolute Gasteiger partial charge is 0.159 e. The molecular formula is C13H20N2OS. The third-order valence-corrected chi connectivity index (χ3v) is 4.76. The number of ketones is 1. The van der Waals surface area contributed by atoms with E-state index in [0.29, 0.717) is 6.42 Å². The summed E-state index contributed by atoms with van der Waals surface area (Å²) < 4.78 is 0. The summed E-state index contributed by atoms with van der Waals surface area (Å²) in [5, 5.41) is 0.917. The maximum Gasteiger partial charge on any atom is 0.159 e. The fraction of sp³-hybridized carbons (Fsp3) is 0.692. The zero-order valence-electron chi connectivity index (χ0n) is 10.6. The summed E-state index contributed by atoms with van der Waals surface area (Å²) in [5.41, 5.74) is 6.68. The molecule has 1 aromatic heterocycles. The number of hydrogen-bond acceptors (Lipinski definition) is 4. The maximum absolute atomic E-state index is 12.3. The first-order chi connectivity index (χ1) is 8.01. The monoisotopic (exact) mass is 252 g/mol. The first-order valence-corrected chi connectivity index (χ1v) is 7.08. The van der Waals surface area contributed by atoms with Crippen molar-refractivity contribution in [3.8, 4) is 0 Å². The van der Waals surface area contributed by atoms with Crippen LogP contribution in [0.25, 0.3) is 0 Å². The molecule has 3 nitrogen and oxygen atoms in total. The Morgan fingerprint density at radius 3 is 2.53 bits per heavy atom. The molecule has 1 fully saturated rings. The number of nitrogens with two attached hydrogens (primary N) is 1. The Morgan fingerprint density at radius 2 is 2.00 bits per heavy atom. The van der Waals surface area contributed by atoms with Crippen LogP contribution in [0.2, 0.25) is 0 Å². The van der Waals surface area contributed by atoms with E-state index in [4.69, 9.17) is 5.73 Å². The maximum atomic E-state index is 12.3. The van der Waals surface area contributed by atoms with Crippen LogP contribution in [0.3, 0.4) is 0 Å². The number of carbonyl (C=O) groups excluding carboxylic acids is 1. The highest BCUT2D eigenvalue weighted by atomic mass is 32.1. The molecule has 17 heavy (non-hydrogen) atoms. The quantitative estimate of drug-likeness (QED) is 0.899. The van der Waals surface area contributed by atoms with Gasteiger partial charge < -0.3 is 5.73 Å². The summed E-state index contributed by atoms with van der Waals surface area (Å²) >= 11 is 1.62. The average Bonchev–Trinajstić information content (AvgIpc) is 2.59. The van der Waals surface area contributed by atoms with Gasteiger partial charge in [-0.3, -0.25) is 4.79 Å². The number of thiazole rings is 1. The Kier molecular flexibility index (Phi) is 3.64. The molecule has 0 spiro atoms. The van der Waals surface area contributed by atoms with Crippen molar-refractivity contribution < 1.29 is 4.79 Å². The first kappa shape index (κ1) is 12.7. The number of Topliss-reactive ketones (excluding diaryl/α,β-unsaturated/α-hetero) is 1. The number of carbonyl (C=O) groups is 1. The second-order valence-corrected chi connectivity index (χ2v) is 6.35. The Balaban J connectivity index is 2.05. The van der Waals surface area contributed by atoms with Gasteiger partial charge in [-0.1, -0.05) is 19.3 Å². The zero-order valence-corrected chi connectivity index (χ0v) is 11.4. The van der Waals surface area contributed by atoms with Gasteiger partial charge in [-0.05, 0) is 26.7 Å². The molecule has 0 atom stereocenters. The van der Waals surface area contributed by atoms with Gasteiger partial charge in [-0.25, -0.2) is 4.98 Å². The molecule has 0 saturated heterocycles. The summed E-state index contributed by atoms with van der Waals surface area (Å²) in [4.78, 5) is 17.9. The van der Waals surface area contributed by atoms with Gasteiger partial charge in [0.25, 0.3) is 0 Å². The Labute approximate surface area is 106 Å². The highest BCUT2D eigenvalue weighted by molar-refractivity contribution is 7.11. The minimum absolute atomic E-state index is 0.172. The normalized spacial score (nSPS) is 19.2. The van der Waals surface area contributed by atoms with Crippen LogP contribution in [0.4, 0.5) is 0 Å². The summed E-state index contributed by atoms with van der Waals surface area (Å²) in [6, 6.07) is 0. The van der Waals surface area contributed by atoms with E-state index >= 15 is 0 Å². The molecule has 0 aromatic carbocycles. The molecule has 2 rings (SSSR count). The topological polar surface area (TPSA) is 56.0 Å². The van der Waals surface area contributed by atoms with Crippen molar-refractivity contribution in [3.05, 3.63) is 15.6 Å². The van der Waals surface area contributed by atoms with Crippen LogP contribution >= 0.6 is 11.3 Å². The van der Waals surface area contributed by atoms with Crippen LogP contribution < -0.4 is 5.73 Å². The van der Waals surface area contributed by atoms with Gasteiger partial charge >= 0.3 is 0 Å². The van der Waals surface area contributed by atoms with Crippen LogP contribution in [0, 0.1) is 13.8 Å². The first-order valence-electron chi connectivity index (χ1n) is 6.26. The van der Waals surface area contributed by atoms with Gasteiger partial charge in [0.2, 0.25) is 0 Å². The van der Waals surface area contributed by atoms with Gasteiger partial charge in [-0.2, -0.15) is 0 Å². The Bertz CT molecular complexity index is 400. The van der Waals surface area contributed by atoms with E-state index in [1.54, 1.807) is 11.3 Å². The number of rotatable bonds is 3. The summed E-state index contributed by atoms with van der Waals surface area (Å²) in [5.74, 6) is 0.172. The lowest BCUT2D eigenvalue weighted by Gasteiger charge is -2.31. The highest BCUT2D eigenvalue weighted by Gasteiger charge is 2.35. The van der Waals surface area contributed by atoms with Crippen LogP contribution in [0.1, 0.15) is 47.7 Å². The lowest BCUT2D eigenvalue weighted by atomic mass is 9.78. The van der Waals surface area contributed by atoms with Gasteiger partial charge in [0, 0.05) is 4.88 Å². The zero-order chi connectivity index (χ0) is 12.5. The van der Waals surface area contributed by atoms with E-state index in [-0.39, 0.29) is 5.78 Å². The minimum Gasteiger partial charge on any atom is -0.319 e. The number of aromatic nitrogens is 1. The minimum atomic E-state index is -0.578. The molecule has 0 radical (unpaired) electrons.